The molecule has 0 bridgehead atoms. The van der Waals surface area contributed by atoms with Crippen molar-refractivity contribution in [2.45, 2.75) is 27.7 Å². The summed E-state index contributed by atoms with van der Waals surface area (Å²) in [6.07, 6.45) is 9.04. The summed E-state index contributed by atoms with van der Waals surface area (Å²) in [6.45, 7) is 13.0. The zero-order valence-corrected chi connectivity index (χ0v) is 18.4. The van der Waals surface area contributed by atoms with Crippen LogP contribution in [0.25, 0.3) is 12.2 Å². The molecule has 1 aliphatic heterocycles. The van der Waals surface area contributed by atoms with E-state index in [9.17, 15) is 0 Å². The Kier molecular flexibility index (Phi) is 5.82. The average molecular weight is 391 g/mol. The first-order valence-electron chi connectivity index (χ1n) is 9.13. The fourth-order valence-corrected chi connectivity index (χ4v) is 5.07. The first kappa shape index (κ1) is 19.1. The van der Waals surface area contributed by atoms with Gasteiger partial charge in [0, 0.05) is 64.6 Å². The van der Waals surface area contributed by atoms with Gasteiger partial charge in [0.1, 0.15) is 14.1 Å². The summed E-state index contributed by atoms with van der Waals surface area (Å²) in [4.78, 5) is 7.64. The van der Waals surface area contributed by atoms with Crippen LogP contribution in [0.15, 0.2) is 12.4 Å². The Morgan fingerprint density at radius 2 is 1.04 bits per heavy atom. The van der Waals surface area contributed by atoms with E-state index in [1.807, 2.05) is 22.7 Å². The van der Waals surface area contributed by atoms with Crippen LogP contribution in [0.1, 0.15) is 31.2 Å². The zero-order chi connectivity index (χ0) is 18.8. The van der Waals surface area contributed by atoms with E-state index in [2.05, 4.69) is 85.3 Å². The van der Waals surface area contributed by atoms with Gasteiger partial charge in [-0.3, -0.25) is 0 Å². The number of piperazine rings is 1. The van der Waals surface area contributed by atoms with Gasteiger partial charge in [0.05, 0.1) is 9.75 Å². The van der Waals surface area contributed by atoms with E-state index in [4.69, 9.17) is 0 Å². The third kappa shape index (κ3) is 4.01. The number of rotatable bonds is 4. The SMILES string of the molecule is Cc1sc(C=CN2CCN(C=Cc3sc(C)c(C)[n+]3C)CC2)[n+](C)c1C. The fourth-order valence-electron chi connectivity index (χ4n) is 3.07. The van der Waals surface area contributed by atoms with Crippen LogP contribution in [0.5, 0.6) is 0 Å². The van der Waals surface area contributed by atoms with Gasteiger partial charge in [-0.15, -0.1) is 0 Å². The van der Waals surface area contributed by atoms with Crippen LogP contribution >= 0.6 is 22.7 Å². The molecule has 1 fully saturated rings. The Balaban J connectivity index is 1.55. The third-order valence-corrected chi connectivity index (χ3v) is 7.85. The van der Waals surface area contributed by atoms with Crippen LogP contribution < -0.4 is 9.13 Å². The highest BCUT2D eigenvalue weighted by Gasteiger charge is 2.17. The molecule has 2 aromatic rings. The second-order valence-electron chi connectivity index (χ2n) is 6.99. The van der Waals surface area contributed by atoms with E-state index in [0.29, 0.717) is 0 Å². The summed E-state index contributed by atoms with van der Waals surface area (Å²) in [5.41, 5.74) is 2.72. The molecule has 2 aromatic heterocycles. The molecule has 0 amide bonds. The highest BCUT2D eigenvalue weighted by molar-refractivity contribution is 7.12. The fraction of sp³-hybridized carbons (Fsp3) is 0.500. The van der Waals surface area contributed by atoms with E-state index in [1.165, 1.54) is 31.2 Å². The van der Waals surface area contributed by atoms with E-state index in [0.717, 1.165) is 26.2 Å². The van der Waals surface area contributed by atoms with Gasteiger partial charge in [0.15, 0.2) is 11.4 Å². The number of aryl methyl sites for hydroxylation is 2. The molecule has 140 valence electrons. The largest absolute Gasteiger partial charge is 0.374 e. The molecular weight excluding hydrogens is 360 g/mol. The number of hydrogen-bond donors (Lipinski definition) is 0. The highest BCUT2D eigenvalue weighted by Crippen LogP contribution is 2.17. The molecule has 0 aliphatic carbocycles. The number of aromatic nitrogens is 2. The molecule has 0 atom stereocenters. The Bertz CT molecular complexity index is 766. The Hall–Kier alpha value is -1.66. The van der Waals surface area contributed by atoms with Crippen molar-refractivity contribution in [2.24, 2.45) is 14.1 Å². The van der Waals surface area contributed by atoms with Gasteiger partial charge in [-0.05, 0) is 13.8 Å². The topological polar surface area (TPSA) is 14.2 Å². The van der Waals surface area contributed by atoms with Crippen LogP contribution in [0.4, 0.5) is 0 Å². The lowest BCUT2D eigenvalue weighted by Crippen LogP contribution is -2.41. The number of hydrogen-bond acceptors (Lipinski definition) is 4. The summed E-state index contributed by atoms with van der Waals surface area (Å²) < 4.78 is 4.56. The Morgan fingerprint density at radius 3 is 1.31 bits per heavy atom. The smallest absolute Gasteiger partial charge is 0.263 e. The van der Waals surface area contributed by atoms with E-state index >= 15 is 0 Å². The molecule has 0 N–H and O–H groups in total. The molecule has 1 aliphatic rings. The summed E-state index contributed by atoms with van der Waals surface area (Å²) in [5.74, 6) is 0. The van der Waals surface area contributed by atoms with Crippen molar-refractivity contribution in [2.75, 3.05) is 26.2 Å². The zero-order valence-electron chi connectivity index (χ0n) is 16.7. The monoisotopic (exact) mass is 390 g/mol. The van der Waals surface area contributed by atoms with E-state index < -0.39 is 0 Å². The molecule has 4 nitrogen and oxygen atoms in total. The lowest BCUT2D eigenvalue weighted by atomic mass is 10.3. The molecule has 0 radical (unpaired) electrons. The maximum atomic E-state index is 2.42. The quantitative estimate of drug-likeness (QED) is 0.745. The molecular formula is C20H30N4S2+2. The van der Waals surface area contributed by atoms with Crippen LogP contribution in [0, 0.1) is 27.7 Å². The molecule has 0 unspecified atom stereocenters. The maximum Gasteiger partial charge on any atom is 0.263 e. The summed E-state index contributed by atoms with van der Waals surface area (Å²) in [7, 11) is 4.30. The highest BCUT2D eigenvalue weighted by atomic mass is 32.1. The van der Waals surface area contributed by atoms with Crippen LogP contribution in [-0.4, -0.2) is 36.0 Å². The predicted molar refractivity (Wildman–Crippen MR) is 111 cm³/mol. The summed E-state index contributed by atoms with van der Waals surface area (Å²) in [5, 5.41) is 2.64. The lowest BCUT2D eigenvalue weighted by Gasteiger charge is -2.33. The third-order valence-electron chi connectivity index (χ3n) is 5.41. The first-order chi connectivity index (χ1) is 12.4. The van der Waals surface area contributed by atoms with Crippen molar-refractivity contribution in [1.29, 1.82) is 0 Å². The molecule has 0 spiro atoms. The van der Waals surface area contributed by atoms with Crippen molar-refractivity contribution in [1.82, 2.24) is 9.80 Å². The summed E-state index contributed by atoms with van der Waals surface area (Å²) in [6, 6.07) is 0. The molecule has 26 heavy (non-hydrogen) atoms. The second-order valence-corrected chi connectivity index (χ2v) is 9.45. The Labute approximate surface area is 165 Å². The van der Waals surface area contributed by atoms with E-state index in [1.54, 1.807) is 0 Å². The summed E-state index contributed by atoms with van der Waals surface area (Å²) >= 11 is 3.73. The van der Waals surface area contributed by atoms with Gasteiger partial charge in [-0.25, -0.2) is 0 Å². The van der Waals surface area contributed by atoms with Gasteiger partial charge in [-0.1, -0.05) is 22.7 Å². The van der Waals surface area contributed by atoms with Gasteiger partial charge in [0.25, 0.3) is 10.0 Å². The molecule has 0 aromatic carbocycles. The van der Waals surface area contributed by atoms with Crippen molar-refractivity contribution in [3.8, 4) is 0 Å². The minimum atomic E-state index is 1.07. The standard InChI is InChI=1S/C20H30N4S2/c1-15-17(3)25-19(21(15)5)7-9-23-11-13-24(14-12-23)10-8-20-22(6)16(2)18(4)26-20/h7-10H,11-14H2,1-6H3/q+2. The maximum absolute atomic E-state index is 2.42. The number of thiazole rings is 2. The predicted octanol–water partition coefficient (Wildman–Crippen LogP) is 2.95. The van der Waals surface area contributed by atoms with Crippen molar-refractivity contribution in [3.63, 3.8) is 0 Å². The van der Waals surface area contributed by atoms with E-state index in [-0.39, 0.29) is 0 Å². The average Bonchev–Trinajstić information content (AvgIpc) is 3.03. The minimum Gasteiger partial charge on any atom is -0.374 e. The normalized spacial score (nSPS) is 15.8. The van der Waals surface area contributed by atoms with Crippen molar-refractivity contribution < 1.29 is 9.13 Å². The second kappa shape index (κ2) is 7.92. The molecule has 0 saturated carbocycles. The molecule has 6 heteroatoms. The minimum absolute atomic E-state index is 1.07. The molecule has 1 saturated heterocycles. The van der Waals surface area contributed by atoms with Crippen LogP contribution in [0.3, 0.4) is 0 Å². The Morgan fingerprint density at radius 1 is 0.692 bits per heavy atom. The first-order valence-corrected chi connectivity index (χ1v) is 10.8. The molecule has 3 rings (SSSR count). The van der Waals surface area contributed by atoms with Gasteiger partial charge < -0.3 is 9.80 Å². The van der Waals surface area contributed by atoms with Crippen LogP contribution in [0.2, 0.25) is 0 Å². The number of nitrogens with zero attached hydrogens (tertiary/aromatic N) is 4. The lowest BCUT2D eigenvalue weighted by molar-refractivity contribution is -0.674. The van der Waals surface area contributed by atoms with Crippen LogP contribution in [-0.2, 0) is 14.1 Å². The van der Waals surface area contributed by atoms with Crippen molar-refractivity contribution >= 4 is 34.8 Å². The van der Waals surface area contributed by atoms with Gasteiger partial charge >= 0.3 is 0 Å². The van der Waals surface area contributed by atoms with Crippen molar-refractivity contribution in [3.05, 3.63) is 43.6 Å². The van der Waals surface area contributed by atoms with Gasteiger partial charge in [0.2, 0.25) is 0 Å². The van der Waals surface area contributed by atoms with Gasteiger partial charge in [-0.2, -0.15) is 9.13 Å². The molecule has 3 heterocycles.